The molecule has 0 atom stereocenters. The van der Waals surface area contributed by atoms with Crippen molar-refractivity contribution in [2.24, 2.45) is 0 Å². The average Bonchev–Trinajstić information content (AvgIpc) is 3.16. The van der Waals surface area contributed by atoms with Crippen molar-refractivity contribution in [3.05, 3.63) is 54.6 Å². The maximum atomic E-state index is 12.1. The van der Waals surface area contributed by atoms with Gasteiger partial charge in [0.15, 0.2) is 0 Å². The van der Waals surface area contributed by atoms with E-state index >= 15 is 0 Å². The SMILES string of the molecule is CCC(=O)Nc1cccc(-n2nnnc2SCC(=O)Nc2ccccc2)c1. The molecule has 0 aliphatic carbocycles. The van der Waals surface area contributed by atoms with Crippen LogP contribution in [-0.2, 0) is 9.59 Å². The van der Waals surface area contributed by atoms with Gasteiger partial charge in [-0.25, -0.2) is 0 Å². The van der Waals surface area contributed by atoms with Gasteiger partial charge in [-0.2, -0.15) is 4.68 Å². The Balaban J connectivity index is 1.66. The van der Waals surface area contributed by atoms with Crippen molar-refractivity contribution in [3.8, 4) is 5.69 Å². The van der Waals surface area contributed by atoms with Gasteiger partial charge in [0.1, 0.15) is 0 Å². The summed E-state index contributed by atoms with van der Waals surface area (Å²) in [4.78, 5) is 23.7. The number of tetrazole rings is 1. The van der Waals surface area contributed by atoms with E-state index in [1.165, 1.54) is 16.4 Å². The zero-order valence-electron chi connectivity index (χ0n) is 14.6. The van der Waals surface area contributed by atoms with Crippen molar-refractivity contribution in [1.29, 1.82) is 0 Å². The number of hydrogen-bond acceptors (Lipinski definition) is 6. The highest BCUT2D eigenvalue weighted by Gasteiger charge is 2.12. The summed E-state index contributed by atoms with van der Waals surface area (Å²) in [7, 11) is 0. The molecular weight excluding hydrogens is 364 g/mol. The maximum absolute atomic E-state index is 12.1. The van der Waals surface area contributed by atoms with E-state index in [2.05, 4.69) is 26.2 Å². The van der Waals surface area contributed by atoms with Crippen molar-refractivity contribution >= 4 is 35.0 Å². The second-order valence-corrected chi connectivity index (χ2v) is 6.47. The summed E-state index contributed by atoms with van der Waals surface area (Å²) in [5.74, 6) is -0.0533. The first-order chi connectivity index (χ1) is 13.2. The Morgan fingerprint density at radius 1 is 1.00 bits per heavy atom. The summed E-state index contributed by atoms with van der Waals surface area (Å²) in [6.45, 7) is 1.79. The van der Waals surface area contributed by atoms with Gasteiger partial charge in [-0.3, -0.25) is 9.59 Å². The number of carbonyl (C=O) groups excluding carboxylic acids is 2. The van der Waals surface area contributed by atoms with Crippen molar-refractivity contribution < 1.29 is 9.59 Å². The fourth-order valence-electron chi connectivity index (χ4n) is 2.24. The summed E-state index contributed by atoms with van der Waals surface area (Å²) in [5.41, 5.74) is 2.09. The zero-order chi connectivity index (χ0) is 19.1. The van der Waals surface area contributed by atoms with Crippen LogP contribution in [0.5, 0.6) is 0 Å². The second kappa shape index (κ2) is 8.95. The third-order valence-corrected chi connectivity index (χ3v) is 4.45. The molecule has 138 valence electrons. The lowest BCUT2D eigenvalue weighted by Crippen LogP contribution is -2.14. The normalized spacial score (nSPS) is 10.4. The van der Waals surface area contributed by atoms with Gasteiger partial charge in [-0.05, 0) is 40.8 Å². The van der Waals surface area contributed by atoms with Crippen LogP contribution in [0.2, 0.25) is 0 Å². The molecule has 0 aliphatic heterocycles. The lowest BCUT2D eigenvalue weighted by atomic mass is 10.2. The molecule has 0 spiro atoms. The molecule has 3 aromatic rings. The molecule has 2 amide bonds. The molecule has 2 aromatic carbocycles. The van der Waals surface area contributed by atoms with E-state index in [9.17, 15) is 9.59 Å². The third-order valence-electron chi connectivity index (χ3n) is 3.53. The monoisotopic (exact) mass is 382 g/mol. The molecule has 3 rings (SSSR count). The Morgan fingerprint density at radius 2 is 1.74 bits per heavy atom. The van der Waals surface area contributed by atoms with Crippen LogP contribution < -0.4 is 10.6 Å². The van der Waals surface area contributed by atoms with Gasteiger partial charge in [-0.1, -0.05) is 43.0 Å². The van der Waals surface area contributed by atoms with Crippen molar-refractivity contribution in [1.82, 2.24) is 20.2 Å². The van der Waals surface area contributed by atoms with E-state index < -0.39 is 0 Å². The molecule has 0 bridgehead atoms. The van der Waals surface area contributed by atoms with E-state index in [0.29, 0.717) is 23.0 Å². The molecule has 1 aromatic heterocycles. The highest BCUT2D eigenvalue weighted by molar-refractivity contribution is 7.99. The number of nitrogens with one attached hydrogen (secondary N) is 2. The number of thioether (sulfide) groups is 1. The van der Waals surface area contributed by atoms with Crippen LogP contribution in [0.3, 0.4) is 0 Å². The number of anilines is 2. The van der Waals surface area contributed by atoms with Crippen LogP contribution in [0, 0.1) is 0 Å². The van der Waals surface area contributed by atoms with E-state index in [1.54, 1.807) is 25.1 Å². The van der Waals surface area contributed by atoms with E-state index in [4.69, 9.17) is 0 Å². The summed E-state index contributed by atoms with van der Waals surface area (Å²) in [5, 5.41) is 17.7. The molecule has 0 saturated carbocycles. The summed E-state index contributed by atoms with van der Waals surface area (Å²) >= 11 is 1.23. The molecular formula is C18H18N6O2S. The van der Waals surface area contributed by atoms with Crippen LogP contribution >= 0.6 is 11.8 Å². The van der Waals surface area contributed by atoms with E-state index in [-0.39, 0.29) is 17.6 Å². The fraction of sp³-hybridized carbons (Fsp3) is 0.167. The summed E-state index contributed by atoms with van der Waals surface area (Å²) in [6, 6.07) is 16.4. The van der Waals surface area contributed by atoms with Crippen LogP contribution in [0.15, 0.2) is 59.8 Å². The average molecular weight is 382 g/mol. The van der Waals surface area contributed by atoms with Crippen LogP contribution in [0.4, 0.5) is 11.4 Å². The Kier molecular flexibility index (Phi) is 6.16. The standard InChI is InChI=1S/C18H18N6O2S/c1-2-16(25)20-14-9-6-10-15(11-14)24-18(21-22-23-24)27-12-17(26)19-13-7-4-3-5-8-13/h3-11H,2,12H2,1H3,(H,19,26)(H,20,25). The molecule has 0 fully saturated rings. The van der Waals surface area contributed by atoms with E-state index in [1.807, 2.05) is 36.4 Å². The number of hydrogen-bond donors (Lipinski definition) is 2. The number of carbonyl (C=O) groups is 2. The van der Waals surface area contributed by atoms with Gasteiger partial charge in [-0.15, -0.1) is 5.10 Å². The van der Waals surface area contributed by atoms with Gasteiger partial charge in [0.05, 0.1) is 11.4 Å². The lowest BCUT2D eigenvalue weighted by Gasteiger charge is -2.08. The quantitative estimate of drug-likeness (QED) is 0.609. The van der Waals surface area contributed by atoms with Gasteiger partial charge < -0.3 is 10.6 Å². The minimum Gasteiger partial charge on any atom is -0.326 e. The molecule has 0 unspecified atom stereocenters. The van der Waals surface area contributed by atoms with Crippen LogP contribution in [-0.4, -0.2) is 37.8 Å². The number of amides is 2. The number of aromatic nitrogens is 4. The largest absolute Gasteiger partial charge is 0.326 e. The zero-order valence-corrected chi connectivity index (χ0v) is 15.4. The Hall–Kier alpha value is -3.20. The first-order valence-electron chi connectivity index (χ1n) is 8.32. The Morgan fingerprint density at radius 3 is 2.52 bits per heavy atom. The van der Waals surface area contributed by atoms with E-state index in [0.717, 1.165) is 5.69 Å². The second-order valence-electron chi connectivity index (χ2n) is 5.53. The molecule has 0 aliphatic rings. The fourth-order valence-corrected chi connectivity index (χ4v) is 2.94. The predicted octanol–water partition coefficient (Wildman–Crippen LogP) is 2.74. The molecule has 2 N–H and O–H groups in total. The van der Waals surface area contributed by atoms with Gasteiger partial charge in [0.25, 0.3) is 0 Å². The maximum Gasteiger partial charge on any atom is 0.234 e. The molecule has 1 heterocycles. The third kappa shape index (κ3) is 5.14. The topological polar surface area (TPSA) is 102 Å². The lowest BCUT2D eigenvalue weighted by molar-refractivity contribution is -0.116. The van der Waals surface area contributed by atoms with Crippen molar-refractivity contribution in [2.75, 3.05) is 16.4 Å². The predicted molar refractivity (Wildman–Crippen MR) is 104 cm³/mol. The number of nitrogens with zero attached hydrogens (tertiary/aromatic N) is 4. The summed E-state index contributed by atoms with van der Waals surface area (Å²) in [6.07, 6.45) is 0.396. The molecule has 9 heteroatoms. The number of rotatable bonds is 7. The Labute approximate surface area is 160 Å². The van der Waals surface area contributed by atoms with Gasteiger partial charge in [0, 0.05) is 17.8 Å². The van der Waals surface area contributed by atoms with Gasteiger partial charge >= 0.3 is 0 Å². The summed E-state index contributed by atoms with van der Waals surface area (Å²) < 4.78 is 1.53. The minimum atomic E-state index is -0.148. The smallest absolute Gasteiger partial charge is 0.234 e. The van der Waals surface area contributed by atoms with Crippen LogP contribution in [0.1, 0.15) is 13.3 Å². The molecule has 0 saturated heterocycles. The number of para-hydroxylation sites is 1. The van der Waals surface area contributed by atoms with Gasteiger partial charge in [0.2, 0.25) is 17.0 Å². The minimum absolute atomic E-state index is 0.0731. The Bertz CT molecular complexity index is 928. The van der Waals surface area contributed by atoms with Crippen molar-refractivity contribution in [2.45, 2.75) is 18.5 Å². The highest BCUT2D eigenvalue weighted by Crippen LogP contribution is 2.21. The molecule has 8 nitrogen and oxygen atoms in total. The molecule has 27 heavy (non-hydrogen) atoms. The number of benzene rings is 2. The first kappa shape index (κ1) is 18.6. The highest BCUT2D eigenvalue weighted by atomic mass is 32.2. The first-order valence-corrected chi connectivity index (χ1v) is 9.30. The van der Waals surface area contributed by atoms with Crippen LogP contribution in [0.25, 0.3) is 5.69 Å². The molecule has 0 radical (unpaired) electrons. The van der Waals surface area contributed by atoms with Crippen molar-refractivity contribution in [3.63, 3.8) is 0 Å².